The van der Waals surface area contributed by atoms with Crippen molar-refractivity contribution < 1.29 is 28.5 Å². The molecule has 42 heavy (non-hydrogen) atoms. The normalized spacial score (nSPS) is 17.5. The molecule has 1 fully saturated rings. The van der Waals surface area contributed by atoms with Crippen LogP contribution in [0.4, 0.5) is 5.82 Å². The highest BCUT2D eigenvalue weighted by molar-refractivity contribution is 8.00. The summed E-state index contributed by atoms with van der Waals surface area (Å²) in [5.74, 6) is 2.53. The Hall–Kier alpha value is -3.70. The van der Waals surface area contributed by atoms with Crippen LogP contribution >= 0.6 is 11.8 Å². The number of aromatic nitrogens is 2. The lowest BCUT2D eigenvalue weighted by atomic mass is 9.87. The van der Waals surface area contributed by atoms with Gasteiger partial charge in [0.05, 0.1) is 56.9 Å². The third-order valence-corrected chi connectivity index (χ3v) is 8.73. The van der Waals surface area contributed by atoms with Crippen molar-refractivity contribution in [2.45, 2.75) is 31.4 Å². The molecule has 1 saturated heterocycles. The average Bonchev–Trinajstić information content (AvgIpc) is 3.34. The maximum Gasteiger partial charge on any atom is 0.242 e. The van der Waals surface area contributed by atoms with Gasteiger partial charge in [-0.3, -0.25) is 14.5 Å². The van der Waals surface area contributed by atoms with Crippen molar-refractivity contribution in [1.29, 1.82) is 0 Å². The highest BCUT2D eigenvalue weighted by Gasteiger charge is 2.41. The number of morpholine rings is 1. The van der Waals surface area contributed by atoms with Crippen molar-refractivity contribution in [2.75, 3.05) is 64.8 Å². The Morgan fingerprint density at radius 1 is 1.00 bits per heavy atom. The first-order valence-electron chi connectivity index (χ1n) is 13.9. The maximum atomic E-state index is 14.0. The van der Waals surface area contributed by atoms with Gasteiger partial charge in [0.1, 0.15) is 29.6 Å². The SMILES string of the molecule is COc1ccc(-n2nc(C(C)(C)C)c3c2N(CC(=O)N2CCOCC2)C(=O)CSC3c2cc(OC)ccc2OC)cc1. The standard InChI is InChI=1S/C31H38N4O6S/c1-31(2,3)29-27-28(23-17-22(39-5)11-12-24(23)40-6)42-19-26(37)34(18-25(36)33-13-15-41-16-14-33)30(27)35(32-29)20-7-9-21(38-4)10-8-20/h7-12,17,28H,13-16,18-19H2,1-6H3. The van der Waals surface area contributed by atoms with E-state index in [1.54, 1.807) is 35.8 Å². The van der Waals surface area contributed by atoms with Crippen molar-refractivity contribution in [3.8, 4) is 22.9 Å². The summed E-state index contributed by atoms with van der Waals surface area (Å²) in [5, 5.41) is 4.84. The zero-order valence-electron chi connectivity index (χ0n) is 25.0. The lowest BCUT2D eigenvalue weighted by molar-refractivity contribution is -0.134. The minimum atomic E-state index is -0.389. The topological polar surface area (TPSA) is 95.4 Å². The molecule has 0 saturated carbocycles. The van der Waals surface area contributed by atoms with Crippen LogP contribution in [0.2, 0.25) is 0 Å². The smallest absolute Gasteiger partial charge is 0.242 e. The second kappa shape index (κ2) is 12.3. The van der Waals surface area contributed by atoms with Gasteiger partial charge in [-0.15, -0.1) is 11.8 Å². The first-order valence-corrected chi connectivity index (χ1v) is 15.0. The molecule has 1 aromatic heterocycles. The molecule has 1 unspecified atom stereocenters. The van der Waals surface area contributed by atoms with E-state index >= 15 is 0 Å². The Labute approximate surface area is 250 Å². The van der Waals surface area contributed by atoms with Crippen LogP contribution < -0.4 is 19.1 Å². The maximum absolute atomic E-state index is 14.0. The van der Waals surface area contributed by atoms with Crippen LogP contribution in [0.3, 0.4) is 0 Å². The van der Waals surface area contributed by atoms with E-state index in [2.05, 4.69) is 20.8 Å². The summed E-state index contributed by atoms with van der Waals surface area (Å²) in [5.41, 5.74) is 2.93. The molecule has 11 heteroatoms. The number of nitrogens with zero attached hydrogens (tertiary/aromatic N) is 4. The number of carbonyl (C=O) groups excluding carboxylic acids is 2. The average molecular weight is 595 g/mol. The van der Waals surface area contributed by atoms with Gasteiger partial charge in [0.15, 0.2) is 0 Å². The number of hydrogen-bond donors (Lipinski definition) is 0. The van der Waals surface area contributed by atoms with Gasteiger partial charge in [-0.25, -0.2) is 4.68 Å². The Bertz CT molecular complexity index is 1440. The van der Waals surface area contributed by atoms with Crippen molar-refractivity contribution in [1.82, 2.24) is 14.7 Å². The third-order valence-electron chi connectivity index (χ3n) is 7.49. The molecule has 0 bridgehead atoms. The Morgan fingerprint density at radius 2 is 1.67 bits per heavy atom. The Balaban J connectivity index is 1.76. The summed E-state index contributed by atoms with van der Waals surface area (Å²) in [6.07, 6.45) is 0. The van der Waals surface area contributed by atoms with E-state index < -0.39 is 0 Å². The van der Waals surface area contributed by atoms with E-state index in [9.17, 15) is 9.59 Å². The molecule has 2 aliphatic heterocycles. The predicted octanol–water partition coefficient (Wildman–Crippen LogP) is 4.22. The number of anilines is 1. The molecule has 5 rings (SSSR count). The molecule has 10 nitrogen and oxygen atoms in total. The fourth-order valence-electron chi connectivity index (χ4n) is 5.31. The second-order valence-electron chi connectivity index (χ2n) is 11.2. The van der Waals surface area contributed by atoms with Crippen molar-refractivity contribution in [3.63, 3.8) is 0 Å². The summed E-state index contributed by atoms with van der Waals surface area (Å²) in [7, 11) is 4.88. The molecule has 0 N–H and O–H groups in total. The molecule has 3 aromatic rings. The van der Waals surface area contributed by atoms with Gasteiger partial charge in [0.2, 0.25) is 11.8 Å². The number of rotatable bonds is 7. The van der Waals surface area contributed by atoms with Crippen LogP contribution in [0, 0.1) is 0 Å². The van der Waals surface area contributed by atoms with Crippen molar-refractivity contribution in [3.05, 3.63) is 59.3 Å². The van der Waals surface area contributed by atoms with E-state index in [0.29, 0.717) is 49.4 Å². The van der Waals surface area contributed by atoms with Crippen LogP contribution in [0.25, 0.3) is 5.69 Å². The van der Waals surface area contributed by atoms with Gasteiger partial charge >= 0.3 is 0 Å². The number of ether oxygens (including phenoxy) is 4. The largest absolute Gasteiger partial charge is 0.497 e. The zero-order chi connectivity index (χ0) is 30.0. The molecule has 0 aliphatic carbocycles. The first kappa shape index (κ1) is 29.8. The second-order valence-corrected chi connectivity index (χ2v) is 12.3. The lowest BCUT2D eigenvalue weighted by Crippen LogP contribution is -2.48. The number of thioether (sulfide) groups is 1. The van der Waals surface area contributed by atoms with Gasteiger partial charge in [0, 0.05) is 29.6 Å². The third kappa shape index (κ3) is 5.80. The number of amides is 2. The van der Waals surface area contributed by atoms with Crippen LogP contribution in [0.1, 0.15) is 42.8 Å². The summed E-state index contributed by atoms with van der Waals surface area (Å²) >= 11 is 1.50. The number of methoxy groups -OCH3 is 3. The highest BCUT2D eigenvalue weighted by atomic mass is 32.2. The number of benzene rings is 2. The minimum Gasteiger partial charge on any atom is -0.497 e. The number of fused-ring (bicyclic) bond motifs is 1. The van der Waals surface area contributed by atoms with Gasteiger partial charge in [-0.1, -0.05) is 20.8 Å². The van der Waals surface area contributed by atoms with Gasteiger partial charge < -0.3 is 23.8 Å². The van der Waals surface area contributed by atoms with E-state index in [0.717, 1.165) is 22.5 Å². The Morgan fingerprint density at radius 3 is 2.29 bits per heavy atom. The molecule has 224 valence electrons. The molecule has 3 heterocycles. The highest BCUT2D eigenvalue weighted by Crippen LogP contribution is 2.51. The van der Waals surface area contributed by atoms with E-state index in [1.807, 2.05) is 42.5 Å². The predicted molar refractivity (Wildman–Crippen MR) is 162 cm³/mol. The van der Waals surface area contributed by atoms with Gasteiger partial charge in [-0.05, 0) is 42.5 Å². The molecule has 0 spiro atoms. The summed E-state index contributed by atoms with van der Waals surface area (Å²) in [4.78, 5) is 30.9. The summed E-state index contributed by atoms with van der Waals surface area (Å²) < 4.78 is 24.0. The quantitative estimate of drug-likeness (QED) is 0.401. The molecular weight excluding hydrogens is 556 g/mol. The Kier molecular flexibility index (Phi) is 8.70. The van der Waals surface area contributed by atoms with Gasteiger partial charge in [-0.2, -0.15) is 5.10 Å². The fraction of sp³-hybridized carbons (Fsp3) is 0.452. The summed E-state index contributed by atoms with van der Waals surface area (Å²) in [6.45, 7) is 8.18. The monoisotopic (exact) mass is 594 g/mol. The zero-order valence-corrected chi connectivity index (χ0v) is 25.8. The van der Waals surface area contributed by atoms with E-state index in [1.165, 1.54) is 11.8 Å². The number of carbonyl (C=O) groups is 2. The molecular formula is C31H38N4O6S. The first-order chi connectivity index (χ1) is 20.2. The van der Waals surface area contributed by atoms with Crippen LogP contribution in [0.15, 0.2) is 42.5 Å². The molecule has 2 aromatic carbocycles. The molecule has 2 aliphatic rings. The van der Waals surface area contributed by atoms with E-state index in [-0.39, 0.29) is 34.8 Å². The number of hydrogen-bond acceptors (Lipinski definition) is 8. The van der Waals surface area contributed by atoms with Crippen molar-refractivity contribution in [2.24, 2.45) is 0 Å². The van der Waals surface area contributed by atoms with E-state index in [4.69, 9.17) is 24.0 Å². The molecule has 2 amide bonds. The van der Waals surface area contributed by atoms with Crippen LogP contribution in [-0.4, -0.2) is 86.4 Å². The summed E-state index contributed by atoms with van der Waals surface area (Å²) in [6, 6.07) is 13.2. The van der Waals surface area contributed by atoms with Crippen molar-refractivity contribution >= 4 is 29.4 Å². The lowest BCUT2D eigenvalue weighted by Gasteiger charge is -2.30. The fourth-order valence-corrected chi connectivity index (χ4v) is 6.53. The van der Waals surface area contributed by atoms with Crippen LogP contribution in [-0.2, 0) is 19.7 Å². The molecule has 1 atom stereocenters. The van der Waals surface area contributed by atoms with Crippen LogP contribution in [0.5, 0.6) is 17.2 Å². The molecule has 0 radical (unpaired) electrons. The minimum absolute atomic E-state index is 0.0974. The van der Waals surface area contributed by atoms with Gasteiger partial charge in [0.25, 0.3) is 0 Å².